The number of rotatable bonds is 3. The number of ether oxygens (including phenoxy) is 1. The van der Waals surface area contributed by atoms with Crippen molar-refractivity contribution >= 4 is 6.47 Å². The molecule has 0 heterocycles. The molecule has 0 rings (SSSR count). The minimum absolute atomic E-state index is 0.411. The fourth-order valence-corrected chi connectivity index (χ4v) is 0.139. The van der Waals surface area contributed by atoms with Gasteiger partial charge in [-0.05, 0) is 0 Å². The summed E-state index contributed by atoms with van der Waals surface area (Å²) in [7, 11) is 0. The van der Waals surface area contributed by atoms with Crippen LogP contribution in [-0.4, -0.2) is 13.1 Å². The molecule has 0 N–H and O–H groups in total. The third kappa shape index (κ3) is 5.07. The smallest absolute Gasteiger partial charge is 0.417 e. The lowest BCUT2D eigenvalue weighted by Gasteiger charge is -1.83. The van der Waals surface area contributed by atoms with E-state index in [1.165, 1.54) is 0 Å². The Morgan fingerprint density at radius 1 is 1.75 bits per heavy atom. The van der Waals surface area contributed by atoms with Gasteiger partial charge in [0, 0.05) is 6.08 Å². The van der Waals surface area contributed by atoms with Crippen LogP contribution >= 0.6 is 0 Å². The third-order valence-electron chi connectivity index (χ3n) is 0.380. The van der Waals surface area contributed by atoms with Gasteiger partial charge in [-0.25, -0.2) is 4.79 Å². The maximum atomic E-state index is 11.0. The molecule has 1 radical (unpaired) electrons. The summed E-state index contributed by atoms with van der Waals surface area (Å²) in [6, 6.07) is 0. The maximum Gasteiger partial charge on any atom is 0.417 e. The first-order valence-corrected chi connectivity index (χ1v) is 1.77. The highest BCUT2D eigenvalue weighted by atomic mass is 19.3. The van der Waals surface area contributed by atoms with E-state index in [2.05, 4.69) is 4.74 Å². The fraction of sp³-hybridized carbons (Fsp3) is 0.250. The first kappa shape index (κ1) is 7.07. The lowest BCUT2D eigenvalue weighted by Crippen LogP contribution is -1.85. The largest absolute Gasteiger partial charge is 0.453 e. The van der Waals surface area contributed by atoms with Gasteiger partial charge < -0.3 is 4.74 Å². The van der Waals surface area contributed by atoms with E-state index >= 15 is 0 Å². The summed E-state index contributed by atoms with van der Waals surface area (Å²) in [5, 5.41) is 0. The molecule has 0 amide bonds. The second-order valence-electron chi connectivity index (χ2n) is 0.888. The minimum Gasteiger partial charge on any atom is -0.453 e. The van der Waals surface area contributed by atoms with Crippen molar-refractivity contribution in [3.8, 4) is 0 Å². The molecule has 2 nitrogen and oxygen atoms in total. The third-order valence-corrected chi connectivity index (χ3v) is 0.380. The molecular formula is C4H3F2O2. The number of hydrogen-bond donors (Lipinski definition) is 0. The van der Waals surface area contributed by atoms with Crippen molar-refractivity contribution in [2.24, 2.45) is 0 Å². The zero-order chi connectivity index (χ0) is 6.41. The lowest BCUT2D eigenvalue weighted by molar-refractivity contribution is 0.305. The Bertz CT molecular complexity index is 96.2. The van der Waals surface area contributed by atoms with Crippen LogP contribution in [0.1, 0.15) is 0 Å². The number of halogens is 2. The van der Waals surface area contributed by atoms with Crippen LogP contribution in [0.15, 0.2) is 12.2 Å². The van der Waals surface area contributed by atoms with Crippen molar-refractivity contribution in [2.45, 2.75) is 0 Å². The molecule has 0 bridgehead atoms. The summed E-state index contributed by atoms with van der Waals surface area (Å²) < 4.78 is 25.8. The van der Waals surface area contributed by atoms with Crippen LogP contribution in [0.25, 0.3) is 0 Å². The molecule has 0 fully saturated rings. The van der Waals surface area contributed by atoms with Gasteiger partial charge in [0.1, 0.15) is 6.61 Å². The quantitative estimate of drug-likeness (QED) is 0.517. The molecule has 0 atom stereocenters. The van der Waals surface area contributed by atoms with Crippen LogP contribution in [0.2, 0.25) is 0 Å². The predicted octanol–water partition coefficient (Wildman–Crippen LogP) is 0.851. The molecule has 0 aliphatic rings. The zero-order valence-electron chi connectivity index (χ0n) is 3.86. The van der Waals surface area contributed by atoms with Gasteiger partial charge in [-0.3, -0.25) is 0 Å². The van der Waals surface area contributed by atoms with E-state index in [4.69, 9.17) is 4.79 Å². The van der Waals surface area contributed by atoms with Gasteiger partial charge in [-0.1, -0.05) is 0 Å². The van der Waals surface area contributed by atoms with E-state index in [0.29, 0.717) is 6.08 Å². The first-order chi connectivity index (χ1) is 3.77. The van der Waals surface area contributed by atoms with Crippen LogP contribution in [-0.2, 0) is 9.53 Å². The Kier molecular flexibility index (Phi) is 3.74. The summed E-state index contributed by atoms with van der Waals surface area (Å²) >= 11 is 0. The average Bonchev–Trinajstić information content (AvgIpc) is 1.66. The Balaban J connectivity index is 3.15. The van der Waals surface area contributed by atoms with Crippen LogP contribution in [0.3, 0.4) is 0 Å². The van der Waals surface area contributed by atoms with Crippen LogP contribution < -0.4 is 0 Å². The molecule has 0 aliphatic heterocycles. The Morgan fingerprint density at radius 3 is 2.75 bits per heavy atom. The molecule has 0 saturated heterocycles. The van der Waals surface area contributed by atoms with Crippen molar-refractivity contribution < 1.29 is 18.3 Å². The topological polar surface area (TPSA) is 26.3 Å². The van der Waals surface area contributed by atoms with Gasteiger partial charge >= 0.3 is 6.47 Å². The molecule has 0 saturated carbocycles. The van der Waals surface area contributed by atoms with E-state index < -0.39 is 12.7 Å². The molecule has 0 unspecified atom stereocenters. The molecule has 45 valence electrons. The highest BCUT2D eigenvalue weighted by Crippen LogP contribution is 1.94. The molecule has 0 aromatic rings. The van der Waals surface area contributed by atoms with Gasteiger partial charge in [0.05, 0.1) is 0 Å². The molecule has 0 aromatic carbocycles. The first-order valence-electron chi connectivity index (χ1n) is 1.77. The van der Waals surface area contributed by atoms with Crippen molar-refractivity contribution in [1.82, 2.24) is 0 Å². The fourth-order valence-electron chi connectivity index (χ4n) is 0.139. The molecule has 0 aromatic heterocycles. The van der Waals surface area contributed by atoms with E-state index in [-0.39, 0.29) is 0 Å². The number of hydrogen-bond acceptors (Lipinski definition) is 2. The standard InChI is InChI=1S/C4H3F2O2/c5-4(6)1-2-8-3-7/h1H,2H2. The summed E-state index contributed by atoms with van der Waals surface area (Å²) in [6.45, 7) is 0.584. The van der Waals surface area contributed by atoms with Crippen LogP contribution in [0.5, 0.6) is 0 Å². The lowest BCUT2D eigenvalue weighted by atomic mass is 10.7. The summed E-state index contributed by atoms with van der Waals surface area (Å²) in [5.41, 5.74) is 0. The van der Waals surface area contributed by atoms with Gasteiger partial charge in [0.2, 0.25) is 0 Å². The Labute approximate surface area is 44.8 Å². The average molecular weight is 121 g/mol. The SMILES string of the molecule is O=[C]OCC=C(F)F. The number of carbonyl (C=O) groups excluding carboxylic acids is 1. The van der Waals surface area contributed by atoms with Crippen LogP contribution in [0.4, 0.5) is 8.78 Å². The molecule has 0 aliphatic carbocycles. The summed E-state index contributed by atoms with van der Waals surface area (Å²) in [5.74, 6) is 0. The van der Waals surface area contributed by atoms with E-state index in [9.17, 15) is 8.78 Å². The van der Waals surface area contributed by atoms with E-state index in [1.54, 1.807) is 0 Å². The van der Waals surface area contributed by atoms with E-state index in [1.807, 2.05) is 0 Å². The van der Waals surface area contributed by atoms with Crippen molar-refractivity contribution in [2.75, 3.05) is 6.61 Å². The molecule has 8 heavy (non-hydrogen) atoms. The van der Waals surface area contributed by atoms with Crippen molar-refractivity contribution in [1.29, 1.82) is 0 Å². The zero-order valence-corrected chi connectivity index (χ0v) is 3.86. The van der Waals surface area contributed by atoms with Gasteiger partial charge in [-0.2, -0.15) is 8.78 Å². The van der Waals surface area contributed by atoms with Crippen molar-refractivity contribution in [3.05, 3.63) is 12.2 Å². The molecule has 4 heteroatoms. The maximum absolute atomic E-state index is 11.0. The highest BCUT2D eigenvalue weighted by Gasteiger charge is 1.85. The highest BCUT2D eigenvalue weighted by molar-refractivity contribution is 5.38. The van der Waals surface area contributed by atoms with Crippen molar-refractivity contribution in [3.63, 3.8) is 0 Å². The second kappa shape index (κ2) is 4.23. The minimum atomic E-state index is -1.86. The molecule has 0 spiro atoms. The summed E-state index contributed by atoms with van der Waals surface area (Å²) in [6.07, 6.45) is -1.38. The Hall–Kier alpha value is -0.930. The normalized spacial score (nSPS) is 7.75. The van der Waals surface area contributed by atoms with Crippen LogP contribution in [0, 0.1) is 0 Å². The summed E-state index contributed by atoms with van der Waals surface area (Å²) in [4.78, 5) is 9.16. The van der Waals surface area contributed by atoms with Gasteiger partial charge in [-0.15, -0.1) is 0 Å². The predicted molar refractivity (Wildman–Crippen MR) is 21.9 cm³/mol. The Morgan fingerprint density at radius 2 is 2.38 bits per heavy atom. The van der Waals surface area contributed by atoms with Gasteiger partial charge in [0.15, 0.2) is 0 Å². The van der Waals surface area contributed by atoms with E-state index in [0.717, 1.165) is 6.47 Å². The molecular weight excluding hydrogens is 118 g/mol. The van der Waals surface area contributed by atoms with Gasteiger partial charge in [0.25, 0.3) is 6.08 Å². The monoisotopic (exact) mass is 121 g/mol. The second-order valence-corrected chi connectivity index (χ2v) is 0.888.